The van der Waals surface area contributed by atoms with Crippen LogP contribution < -0.4 is 33.2 Å². The first-order valence-electron chi connectivity index (χ1n) is 11.5. The van der Waals surface area contributed by atoms with Gasteiger partial charge in [0, 0.05) is 19.3 Å². The highest BCUT2D eigenvalue weighted by Gasteiger charge is 2.31. The van der Waals surface area contributed by atoms with Gasteiger partial charge in [-0.2, -0.15) is 0 Å². The van der Waals surface area contributed by atoms with Crippen molar-refractivity contribution in [1.29, 1.82) is 0 Å². The lowest BCUT2D eigenvalue weighted by Crippen LogP contribution is -2.58. The van der Waals surface area contributed by atoms with Crippen molar-refractivity contribution < 1.29 is 43.8 Å². The number of carbonyl (C=O) groups is 7. The summed E-state index contributed by atoms with van der Waals surface area (Å²) < 4.78 is 0. The zero-order valence-corrected chi connectivity index (χ0v) is 20.4. The van der Waals surface area contributed by atoms with Gasteiger partial charge in [0.2, 0.25) is 29.5 Å². The number of primary amides is 2. The van der Waals surface area contributed by atoms with Crippen LogP contribution in [0, 0.1) is 0 Å². The molecule has 1 aromatic rings. The summed E-state index contributed by atoms with van der Waals surface area (Å²) in [5.41, 5.74) is 16.5. The Balaban J connectivity index is 3.13. The van der Waals surface area contributed by atoms with Crippen LogP contribution in [-0.4, -0.2) is 75.9 Å². The predicted octanol–water partition coefficient (Wildman–Crippen LogP) is -2.90. The number of carboxylic acids is 2. The maximum Gasteiger partial charge on any atom is 0.326 e. The molecule has 0 aromatic heterocycles. The van der Waals surface area contributed by atoms with Gasteiger partial charge in [0.05, 0.1) is 12.5 Å². The molecule has 11 N–H and O–H groups in total. The first-order chi connectivity index (χ1) is 17.8. The summed E-state index contributed by atoms with van der Waals surface area (Å²) in [6.07, 6.45) is -2.04. The molecular formula is C23H32N6O9. The fourth-order valence-electron chi connectivity index (χ4n) is 3.25. The van der Waals surface area contributed by atoms with Gasteiger partial charge in [0.15, 0.2) is 0 Å². The van der Waals surface area contributed by atoms with Crippen molar-refractivity contribution in [2.24, 2.45) is 17.2 Å². The number of carboxylic acid groups (broad SMARTS) is 2. The lowest BCUT2D eigenvalue weighted by atomic mass is 10.0. The first kappa shape index (κ1) is 31.5. The number of rotatable bonds is 17. The molecule has 0 saturated carbocycles. The Morgan fingerprint density at radius 1 is 0.711 bits per heavy atom. The second-order valence-corrected chi connectivity index (χ2v) is 8.43. The summed E-state index contributed by atoms with van der Waals surface area (Å²) in [6.45, 7) is 0. The molecule has 0 aliphatic carbocycles. The molecule has 0 heterocycles. The molecule has 1 aromatic carbocycles. The standard InChI is InChI=1S/C23H32N6O9/c24-13(6-8-17(25)30)20(34)28-15(10-12-4-2-1-3-5-12)22(36)27-14(7-9-19(32)33)21(35)29-16(23(37)38)11-18(26)31/h1-5,13-16H,6-11,24H2,(H2,25,30)(H2,26,31)(H,27,36)(H,28,34)(H,29,35)(H,32,33)(H,37,38). The van der Waals surface area contributed by atoms with Crippen LogP contribution in [0.5, 0.6) is 0 Å². The molecule has 0 aliphatic heterocycles. The van der Waals surface area contributed by atoms with E-state index in [2.05, 4.69) is 16.0 Å². The van der Waals surface area contributed by atoms with Crippen LogP contribution in [0.1, 0.15) is 37.7 Å². The fraction of sp³-hybridized carbons (Fsp3) is 0.435. The molecule has 38 heavy (non-hydrogen) atoms. The van der Waals surface area contributed by atoms with Crippen molar-refractivity contribution in [2.45, 2.75) is 62.7 Å². The Labute approximate surface area is 217 Å². The minimum Gasteiger partial charge on any atom is -0.481 e. The Kier molecular flexibility index (Phi) is 12.9. The van der Waals surface area contributed by atoms with Gasteiger partial charge in [-0.3, -0.25) is 28.8 Å². The van der Waals surface area contributed by atoms with Gasteiger partial charge in [-0.15, -0.1) is 0 Å². The third-order valence-corrected chi connectivity index (χ3v) is 5.25. The summed E-state index contributed by atoms with van der Waals surface area (Å²) in [4.78, 5) is 83.1. The van der Waals surface area contributed by atoms with Crippen LogP contribution in [0.25, 0.3) is 0 Å². The van der Waals surface area contributed by atoms with Crippen LogP contribution in [0.4, 0.5) is 0 Å². The maximum absolute atomic E-state index is 13.2. The number of hydrogen-bond donors (Lipinski definition) is 8. The van der Waals surface area contributed by atoms with Crippen molar-refractivity contribution >= 4 is 41.5 Å². The number of amides is 5. The number of nitrogens with one attached hydrogen (secondary N) is 3. The number of carbonyl (C=O) groups excluding carboxylic acids is 5. The molecule has 15 heteroatoms. The fourth-order valence-corrected chi connectivity index (χ4v) is 3.25. The third kappa shape index (κ3) is 11.9. The molecule has 0 radical (unpaired) electrons. The van der Waals surface area contributed by atoms with Gasteiger partial charge in [0.25, 0.3) is 0 Å². The van der Waals surface area contributed by atoms with Crippen molar-refractivity contribution in [3.05, 3.63) is 35.9 Å². The maximum atomic E-state index is 13.2. The van der Waals surface area contributed by atoms with Gasteiger partial charge in [0.1, 0.15) is 18.1 Å². The van der Waals surface area contributed by atoms with E-state index in [4.69, 9.17) is 22.3 Å². The summed E-state index contributed by atoms with van der Waals surface area (Å²) >= 11 is 0. The Hall–Kier alpha value is -4.53. The molecule has 4 unspecified atom stereocenters. The second-order valence-electron chi connectivity index (χ2n) is 8.43. The number of nitrogens with two attached hydrogens (primary N) is 3. The van der Waals surface area contributed by atoms with Crippen LogP contribution in [-0.2, 0) is 40.0 Å². The highest BCUT2D eigenvalue weighted by molar-refractivity contribution is 5.95. The average Bonchev–Trinajstić information content (AvgIpc) is 2.83. The Bertz CT molecular complexity index is 1030. The van der Waals surface area contributed by atoms with Gasteiger partial charge >= 0.3 is 11.9 Å². The molecule has 4 atom stereocenters. The molecular weight excluding hydrogens is 504 g/mol. The van der Waals surface area contributed by atoms with Crippen LogP contribution in [0.2, 0.25) is 0 Å². The lowest BCUT2D eigenvalue weighted by Gasteiger charge is -2.25. The SMILES string of the molecule is NC(=O)CCC(N)C(=O)NC(Cc1ccccc1)C(=O)NC(CCC(=O)O)C(=O)NC(CC(N)=O)C(=O)O. The number of hydrogen-bond acceptors (Lipinski definition) is 8. The second kappa shape index (κ2) is 15.6. The highest BCUT2D eigenvalue weighted by Crippen LogP contribution is 2.07. The van der Waals surface area contributed by atoms with Gasteiger partial charge in [-0.25, -0.2) is 4.79 Å². The molecule has 0 bridgehead atoms. The summed E-state index contributed by atoms with van der Waals surface area (Å²) in [5.74, 6) is -7.29. The van der Waals surface area contributed by atoms with E-state index in [0.717, 1.165) is 0 Å². The van der Waals surface area contributed by atoms with E-state index in [9.17, 15) is 38.7 Å². The zero-order valence-electron chi connectivity index (χ0n) is 20.4. The largest absolute Gasteiger partial charge is 0.481 e. The van der Waals surface area contributed by atoms with Gasteiger partial charge < -0.3 is 43.4 Å². The number of benzene rings is 1. The minimum absolute atomic E-state index is 0.0480. The van der Waals surface area contributed by atoms with E-state index in [0.29, 0.717) is 5.56 Å². The van der Waals surface area contributed by atoms with E-state index in [1.54, 1.807) is 30.3 Å². The zero-order chi connectivity index (χ0) is 28.8. The number of aliphatic carboxylic acids is 2. The first-order valence-corrected chi connectivity index (χ1v) is 11.5. The summed E-state index contributed by atoms with van der Waals surface area (Å²) in [6, 6.07) is 2.76. The van der Waals surface area contributed by atoms with Gasteiger partial charge in [-0.05, 0) is 18.4 Å². The molecule has 1 rings (SSSR count). The van der Waals surface area contributed by atoms with E-state index in [1.807, 2.05) is 0 Å². The third-order valence-electron chi connectivity index (χ3n) is 5.25. The van der Waals surface area contributed by atoms with Crippen molar-refractivity contribution in [2.75, 3.05) is 0 Å². The monoisotopic (exact) mass is 536 g/mol. The Morgan fingerprint density at radius 3 is 1.79 bits per heavy atom. The molecule has 0 aliphatic rings. The van der Waals surface area contributed by atoms with E-state index >= 15 is 0 Å². The van der Waals surface area contributed by atoms with Gasteiger partial charge in [-0.1, -0.05) is 30.3 Å². The summed E-state index contributed by atoms with van der Waals surface area (Å²) in [5, 5.41) is 25.1. The summed E-state index contributed by atoms with van der Waals surface area (Å²) in [7, 11) is 0. The molecule has 0 saturated heterocycles. The van der Waals surface area contributed by atoms with E-state index in [1.165, 1.54) is 0 Å². The quantitative estimate of drug-likeness (QED) is 0.100. The van der Waals surface area contributed by atoms with Crippen LogP contribution in [0.3, 0.4) is 0 Å². The molecule has 15 nitrogen and oxygen atoms in total. The molecule has 208 valence electrons. The van der Waals surface area contributed by atoms with Crippen molar-refractivity contribution in [1.82, 2.24) is 16.0 Å². The minimum atomic E-state index is -1.72. The van der Waals surface area contributed by atoms with E-state index in [-0.39, 0.29) is 19.3 Å². The Morgan fingerprint density at radius 2 is 1.26 bits per heavy atom. The smallest absolute Gasteiger partial charge is 0.326 e. The molecule has 0 spiro atoms. The van der Waals surface area contributed by atoms with Crippen LogP contribution >= 0.6 is 0 Å². The van der Waals surface area contributed by atoms with Crippen molar-refractivity contribution in [3.63, 3.8) is 0 Å². The highest BCUT2D eigenvalue weighted by atomic mass is 16.4. The average molecular weight is 537 g/mol. The predicted molar refractivity (Wildman–Crippen MR) is 131 cm³/mol. The lowest BCUT2D eigenvalue weighted by molar-refractivity contribution is -0.144. The van der Waals surface area contributed by atoms with E-state index < -0.39 is 84.9 Å². The normalized spacial score (nSPS) is 13.7. The van der Waals surface area contributed by atoms with Crippen molar-refractivity contribution in [3.8, 4) is 0 Å². The van der Waals surface area contributed by atoms with Crippen LogP contribution in [0.15, 0.2) is 30.3 Å². The molecule has 5 amide bonds. The topological polar surface area (TPSA) is 274 Å². The molecule has 0 fully saturated rings.